The van der Waals surface area contributed by atoms with Gasteiger partial charge in [0.05, 0.1) is 16.6 Å². The third-order valence-electron chi connectivity index (χ3n) is 7.87. The molecule has 3 amide bonds. The number of hydrogen-bond acceptors (Lipinski definition) is 5. The smallest absolute Gasteiger partial charge is 0.248 e. The Bertz CT molecular complexity index is 1140. The van der Waals surface area contributed by atoms with Crippen LogP contribution < -0.4 is 10.6 Å². The van der Waals surface area contributed by atoms with Gasteiger partial charge in [0.1, 0.15) is 6.04 Å². The lowest BCUT2D eigenvalue weighted by atomic mass is 9.66. The number of carbonyl (C=O) groups excluding carboxylic acids is 3. The zero-order chi connectivity index (χ0) is 24.0. The van der Waals surface area contributed by atoms with Gasteiger partial charge in [-0.05, 0) is 48.1 Å². The highest BCUT2D eigenvalue weighted by Crippen LogP contribution is 2.68. The second-order valence-corrected chi connectivity index (χ2v) is 11.2. The zero-order valence-corrected chi connectivity index (χ0v) is 20.3. The molecule has 3 aliphatic rings. The summed E-state index contributed by atoms with van der Waals surface area (Å²) in [5.74, 6) is -1.22. The van der Waals surface area contributed by atoms with Gasteiger partial charge in [-0.2, -0.15) is 0 Å². The number of nitrogens with one attached hydrogen (secondary N) is 2. The molecule has 3 unspecified atom stereocenters. The molecule has 3 fully saturated rings. The van der Waals surface area contributed by atoms with Gasteiger partial charge in [0.2, 0.25) is 17.7 Å². The Morgan fingerprint density at radius 2 is 1.91 bits per heavy atom. The lowest BCUT2D eigenvalue weighted by molar-refractivity contribution is -0.139. The maximum absolute atomic E-state index is 13.9. The molecule has 34 heavy (non-hydrogen) atoms. The summed E-state index contributed by atoms with van der Waals surface area (Å²) < 4.78 is -0.626. The van der Waals surface area contributed by atoms with E-state index in [4.69, 9.17) is 0 Å². The van der Waals surface area contributed by atoms with Crippen molar-refractivity contribution < 1.29 is 19.5 Å². The molecule has 1 spiro atoms. The minimum atomic E-state index is -0.658. The van der Waals surface area contributed by atoms with Crippen molar-refractivity contribution in [3.8, 4) is 0 Å². The Morgan fingerprint density at radius 3 is 2.65 bits per heavy atom. The monoisotopic (exact) mass is 481 g/mol. The van der Waals surface area contributed by atoms with Crippen molar-refractivity contribution in [1.82, 2.24) is 10.2 Å². The van der Waals surface area contributed by atoms with E-state index in [0.29, 0.717) is 25.1 Å². The minimum absolute atomic E-state index is 0.0403. The SMILES string of the molecule is CNC(=O)[C@@H]1[C@@H]2CC(C)C3(S2)C(C(=O)Nc2ccc4ccccc4c2)N(CCCCO)C(=O)[C@H]13. The van der Waals surface area contributed by atoms with Gasteiger partial charge < -0.3 is 20.6 Å². The van der Waals surface area contributed by atoms with Crippen LogP contribution in [0.3, 0.4) is 0 Å². The zero-order valence-electron chi connectivity index (χ0n) is 19.5. The first-order valence-corrected chi connectivity index (χ1v) is 12.9. The number of hydrogen-bond donors (Lipinski definition) is 3. The number of unbranched alkanes of at least 4 members (excludes halogenated alkanes) is 1. The molecule has 0 aromatic heterocycles. The molecule has 7 nitrogen and oxygen atoms in total. The summed E-state index contributed by atoms with van der Waals surface area (Å²) in [5, 5.41) is 17.3. The van der Waals surface area contributed by atoms with Crippen LogP contribution in [-0.2, 0) is 14.4 Å². The predicted octanol–water partition coefficient (Wildman–Crippen LogP) is 2.63. The second-order valence-electron chi connectivity index (χ2n) is 9.68. The van der Waals surface area contributed by atoms with Crippen LogP contribution in [0, 0.1) is 17.8 Å². The van der Waals surface area contributed by atoms with Gasteiger partial charge in [-0.25, -0.2) is 0 Å². The quantitative estimate of drug-likeness (QED) is 0.528. The lowest BCUT2D eigenvalue weighted by Gasteiger charge is -2.38. The number of benzene rings is 2. The van der Waals surface area contributed by atoms with Gasteiger partial charge in [-0.3, -0.25) is 14.4 Å². The first-order valence-electron chi connectivity index (χ1n) is 12.0. The van der Waals surface area contributed by atoms with Crippen molar-refractivity contribution in [2.24, 2.45) is 17.8 Å². The van der Waals surface area contributed by atoms with Crippen LogP contribution in [-0.4, -0.2) is 64.0 Å². The van der Waals surface area contributed by atoms with Gasteiger partial charge >= 0.3 is 0 Å². The summed E-state index contributed by atoms with van der Waals surface area (Å²) in [5.41, 5.74) is 0.694. The largest absolute Gasteiger partial charge is 0.396 e. The number of aliphatic hydroxyl groups excluding tert-OH is 1. The molecule has 0 saturated carbocycles. The van der Waals surface area contributed by atoms with Crippen molar-refractivity contribution in [3.05, 3.63) is 42.5 Å². The number of rotatable bonds is 7. The summed E-state index contributed by atoms with van der Waals surface area (Å²) >= 11 is 1.67. The van der Waals surface area contributed by atoms with Crippen LogP contribution >= 0.6 is 11.8 Å². The van der Waals surface area contributed by atoms with Crippen LogP contribution in [0.2, 0.25) is 0 Å². The van der Waals surface area contributed by atoms with Crippen molar-refractivity contribution in [2.75, 3.05) is 25.5 Å². The molecule has 2 aromatic carbocycles. The van der Waals surface area contributed by atoms with Crippen molar-refractivity contribution >= 4 is 45.9 Å². The second kappa shape index (κ2) is 8.89. The third-order valence-corrected chi connectivity index (χ3v) is 9.94. The first kappa shape index (κ1) is 23.2. The fourth-order valence-corrected chi connectivity index (χ4v) is 8.82. The molecule has 3 N–H and O–H groups in total. The van der Waals surface area contributed by atoms with E-state index >= 15 is 0 Å². The van der Waals surface area contributed by atoms with Crippen molar-refractivity contribution in [3.63, 3.8) is 0 Å². The molecule has 3 heterocycles. The molecule has 8 heteroatoms. The molecule has 180 valence electrons. The van der Waals surface area contributed by atoms with E-state index in [-0.39, 0.29) is 35.5 Å². The van der Waals surface area contributed by atoms with Gasteiger partial charge in [0.25, 0.3) is 0 Å². The van der Waals surface area contributed by atoms with Gasteiger partial charge in [0.15, 0.2) is 0 Å². The minimum Gasteiger partial charge on any atom is -0.396 e. The van der Waals surface area contributed by atoms with Crippen LogP contribution in [0.25, 0.3) is 10.8 Å². The number of likely N-dealkylation sites (tertiary alicyclic amines) is 1. The average Bonchev–Trinajstić information content (AvgIpc) is 3.42. The number of anilines is 1. The topological polar surface area (TPSA) is 98.7 Å². The summed E-state index contributed by atoms with van der Waals surface area (Å²) in [6, 6.07) is 13.1. The number of nitrogens with zero attached hydrogens (tertiary/aromatic N) is 1. The van der Waals surface area contributed by atoms with Crippen LogP contribution in [0.4, 0.5) is 5.69 Å². The van der Waals surface area contributed by atoms with Gasteiger partial charge in [-0.15, -0.1) is 11.8 Å². The van der Waals surface area contributed by atoms with E-state index in [1.807, 2.05) is 42.5 Å². The first-order chi connectivity index (χ1) is 16.4. The van der Waals surface area contributed by atoms with Crippen molar-refractivity contribution in [1.29, 1.82) is 0 Å². The summed E-state index contributed by atoms with van der Waals surface area (Å²) in [7, 11) is 1.61. The van der Waals surface area contributed by atoms with E-state index in [2.05, 4.69) is 17.6 Å². The Morgan fingerprint density at radius 1 is 1.15 bits per heavy atom. The molecule has 5 rings (SSSR count). The molecule has 6 atom stereocenters. The number of aliphatic hydroxyl groups is 1. The van der Waals surface area contributed by atoms with E-state index < -0.39 is 22.6 Å². The highest BCUT2D eigenvalue weighted by Gasteiger charge is 2.75. The highest BCUT2D eigenvalue weighted by atomic mass is 32.2. The molecule has 0 aliphatic carbocycles. The van der Waals surface area contributed by atoms with Crippen LogP contribution in [0.5, 0.6) is 0 Å². The molecular weight excluding hydrogens is 450 g/mol. The fraction of sp³-hybridized carbons (Fsp3) is 0.500. The Balaban J connectivity index is 1.51. The molecule has 2 bridgehead atoms. The maximum atomic E-state index is 13.9. The summed E-state index contributed by atoms with van der Waals surface area (Å²) in [6.07, 6.45) is 1.99. The van der Waals surface area contributed by atoms with Crippen LogP contribution in [0.1, 0.15) is 26.2 Å². The molecule has 3 saturated heterocycles. The van der Waals surface area contributed by atoms with Gasteiger partial charge in [0, 0.05) is 31.1 Å². The third kappa shape index (κ3) is 3.41. The number of fused-ring (bicyclic) bond motifs is 2. The molecule has 3 aliphatic heterocycles. The lowest BCUT2D eigenvalue weighted by Crippen LogP contribution is -2.55. The van der Waals surface area contributed by atoms with Crippen LogP contribution in [0.15, 0.2) is 42.5 Å². The standard InChI is InChI=1S/C26H31N3O4S/c1-15-13-19-20(23(31)27-2)21-25(33)29(11-5-6-12-30)22(26(15,21)34-19)24(32)28-18-10-9-16-7-3-4-8-17(16)14-18/h3-4,7-10,14-15,19-22,30H,5-6,11-13H2,1-2H3,(H,27,31)(H,28,32)/t15?,19-,20+,21-,22?,26?/m0/s1. The number of thioether (sulfide) groups is 1. The predicted molar refractivity (Wildman–Crippen MR) is 133 cm³/mol. The Kier molecular flexibility index (Phi) is 6.06. The molecule has 0 radical (unpaired) electrons. The summed E-state index contributed by atoms with van der Waals surface area (Å²) in [4.78, 5) is 42.2. The Labute approximate surface area is 203 Å². The average molecular weight is 482 g/mol. The summed E-state index contributed by atoms with van der Waals surface area (Å²) in [6.45, 7) is 2.55. The normalized spacial score (nSPS) is 31.7. The van der Waals surface area contributed by atoms with Gasteiger partial charge in [-0.1, -0.05) is 37.3 Å². The number of carbonyl (C=O) groups is 3. The van der Waals surface area contributed by atoms with E-state index in [1.165, 1.54) is 0 Å². The Hall–Kier alpha value is -2.58. The van der Waals surface area contributed by atoms with E-state index in [9.17, 15) is 19.5 Å². The maximum Gasteiger partial charge on any atom is 0.248 e. The number of amides is 3. The highest BCUT2D eigenvalue weighted by molar-refractivity contribution is 8.02. The fourth-order valence-electron chi connectivity index (χ4n) is 6.40. The van der Waals surface area contributed by atoms with E-state index in [0.717, 1.165) is 17.2 Å². The molecular formula is C26H31N3O4S. The van der Waals surface area contributed by atoms with Crippen molar-refractivity contribution in [2.45, 2.75) is 42.2 Å². The van der Waals surface area contributed by atoms with E-state index in [1.54, 1.807) is 23.7 Å². The molecule has 2 aromatic rings.